The molecule has 0 saturated carbocycles. The number of hydrogen-bond acceptors (Lipinski definition) is 3. The third-order valence-corrected chi connectivity index (χ3v) is 4.71. The molecule has 0 bridgehead atoms. The lowest BCUT2D eigenvalue weighted by molar-refractivity contribution is -0.119. The van der Waals surface area contributed by atoms with Gasteiger partial charge in [-0.2, -0.15) is 0 Å². The topological polar surface area (TPSA) is 42.4 Å². The van der Waals surface area contributed by atoms with Crippen LogP contribution in [0.4, 0.5) is 0 Å². The molecule has 1 aliphatic heterocycles. The van der Waals surface area contributed by atoms with Gasteiger partial charge in [-0.25, -0.2) is 0 Å². The van der Waals surface area contributed by atoms with Gasteiger partial charge < -0.3 is 9.64 Å². The molecule has 1 amide bonds. The van der Waals surface area contributed by atoms with E-state index in [2.05, 4.69) is 23.2 Å². The number of amides is 1. The van der Waals surface area contributed by atoms with E-state index >= 15 is 0 Å². The van der Waals surface area contributed by atoms with E-state index in [4.69, 9.17) is 4.74 Å². The maximum atomic E-state index is 10.8. The van der Waals surface area contributed by atoms with Crippen molar-refractivity contribution in [2.75, 3.05) is 13.1 Å². The predicted molar refractivity (Wildman–Crippen MR) is 98.5 cm³/mol. The van der Waals surface area contributed by atoms with Crippen LogP contribution in [0.25, 0.3) is 22.0 Å². The Kier molecular flexibility index (Phi) is 4.34. The number of aromatic nitrogens is 1. The quantitative estimate of drug-likeness (QED) is 0.681. The highest BCUT2D eigenvalue weighted by Crippen LogP contribution is 2.25. The zero-order chi connectivity index (χ0) is 17.1. The van der Waals surface area contributed by atoms with Crippen molar-refractivity contribution in [1.29, 1.82) is 0 Å². The standard InChI is InChI=1S/C21H20N2O2/c24-15-23-11-9-20(10-12-23)25-19-7-5-16(6-8-19)21-13-17-3-1-2-4-18(17)14-22-21/h1-8,13-15,20H,9-12H2. The highest BCUT2D eigenvalue weighted by atomic mass is 16.5. The molecule has 0 radical (unpaired) electrons. The minimum absolute atomic E-state index is 0.181. The van der Waals surface area contributed by atoms with Gasteiger partial charge in [0.25, 0.3) is 0 Å². The number of carbonyl (C=O) groups is 1. The highest BCUT2D eigenvalue weighted by Gasteiger charge is 2.19. The molecule has 126 valence electrons. The molecular formula is C21H20N2O2. The van der Waals surface area contributed by atoms with Crippen molar-refractivity contribution in [3.8, 4) is 17.0 Å². The summed E-state index contributed by atoms with van der Waals surface area (Å²) in [5.74, 6) is 0.870. The van der Waals surface area contributed by atoms with E-state index in [1.807, 2.05) is 42.6 Å². The van der Waals surface area contributed by atoms with Gasteiger partial charge in [-0.15, -0.1) is 0 Å². The number of ether oxygens (including phenoxy) is 1. The highest BCUT2D eigenvalue weighted by molar-refractivity contribution is 5.85. The van der Waals surface area contributed by atoms with Gasteiger partial charge in [0.1, 0.15) is 11.9 Å². The number of piperidine rings is 1. The van der Waals surface area contributed by atoms with E-state index in [0.29, 0.717) is 0 Å². The fourth-order valence-corrected chi connectivity index (χ4v) is 3.24. The maximum Gasteiger partial charge on any atom is 0.209 e. The second-order valence-corrected chi connectivity index (χ2v) is 6.40. The van der Waals surface area contributed by atoms with Crippen molar-refractivity contribution >= 4 is 17.2 Å². The molecule has 2 aromatic carbocycles. The number of nitrogens with zero attached hydrogens (tertiary/aromatic N) is 2. The van der Waals surface area contributed by atoms with Gasteiger partial charge >= 0.3 is 0 Å². The first-order valence-corrected chi connectivity index (χ1v) is 8.63. The van der Waals surface area contributed by atoms with Crippen LogP contribution in [0, 0.1) is 0 Å². The Balaban J connectivity index is 1.47. The van der Waals surface area contributed by atoms with E-state index in [-0.39, 0.29) is 6.10 Å². The van der Waals surface area contributed by atoms with Crippen molar-refractivity contribution in [2.24, 2.45) is 0 Å². The summed E-state index contributed by atoms with van der Waals surface area (Å²) in [6.45, 7) is 1.54. The Labute approximate surface area is 147 Å². The van der Waals surface area contributed by atoms with Gasteiger partial charge in [0.05, 0.1) is 5.69 Å². The van der Waals surface area contributed by atoms with Crippen LogP contribution < -0.4 is 4.74 Å². The number of carbonyl (C=O) groups excluding carboxylic acids is 1. The van der Waals surface area contributed by atoms with Crippen LogP contribution in [0.5, 0.6) is 5.75 Å². The first-order valence-electron chi connectivity index (χ1n) is 8.63. The van der Waals surface area contributed by atoms with Crippen LogP contribution in [-0.4, -0.2) is 35.5 Å². The number of fused-ring (bicyclic) bond motifs is 1. The summed E-state index contributed by atoms with van der Waals surface area (Å²) < 4.78 is 6.05. The molecule has 1 fully saturated rings. The predicted octanol–water partition coefficient (Wildman–Crippen LogP) is 3.90. The molecular weight excluding hydrogens is 312 g/mol. The summed E-state index contributed by atoms with van der Waals surface area (Å²) in [6, 6.07) is 18.4. The van der Waals surface area contributed by atoms with E-state index in [0.717, 1.165) is 54.7 Å². The molecule has 0 unspecified atom stereocenters. The molecule has 1 saturated heterocycles. The van der Waals surface area contributed by atoms with Crippen LogP contribution in [0.3, 0.4) is 0 Å². The molecule has 1 aromatic heterocycles. The first kappa shape index (κ1) is 15.6. The Bertz CT molecular complexity index is 868. The average molecular weight is 332 g/mol. The smallest absolute Gasteiger partial charge is 0.209 e. The number of rotatable bonds is 4. The van der Waals surface area contributed by atoms with Crippen LogP contribution >= 0.6 is 0 Å². The fraction of sp³-hybridized carbons (Fsp3) is 0.238. The van der Waals surface area contributed by atoms with Gasteiger partial charge in [0.2, 0.25) is 6.41 Å². The Morgan fingerprint density at radius 2 is 1.72 bits per heavy atom. The molecule has 3 aromatic rings. The number of benzene rings is 2. The molecule has 0 spiro atoms. The van der Waals surface area contributed by atoms with E-state index in [1.165, 1.54) is 5.39 Å². The molecule has 25 heavy (non-hydrogen) atoms. The van der Waals surface area contributed by atoms with Crippen LogP contribution in [0.15, 0.2) is 60.8 Å². The Morgan fingerprint density at radius 1 is 1.00 bits per heavy atom. The summed E-state index contributed by atoms with van der Waals surface area (Å²) in [7, 11) is 0. The van der Waals surface area contributed by atoms with Crippen LogP contribution in [-0.2, 0) is 4.79 Å². The van der Waals surface area contributed by atoms with Crippen LogP contribution in [0.1, 0.15) is 12.8 Å². The Morgan fingerprint density at radius 3 is 2.44 bits per heavy atom. The minimum Gasteiger partial charge on any atom is -0.490 e. The number of likely N-dealkylation sites (tertiary alicyclic amines) is 1. The molecule has 0 aliphatic carbocycles. The molecule has 4 rings (SSSR count). The lowest BCUT2D eigenvalue weighted by Gasteiger charge is -2.29. The third-order valence-electron chi connectivity index (χ3n) is 4.71. The first-order chi connectivity index (χ1) is 12.3. The largest absolute Gasteiger partial charge is 0.490 e. The zero-order valence-corrected chi connectivity index (χ0v) is 14.0. The van der Waals surface area contributed by atoms with Gasteiger partial charge in [0, 0.05) is 43.1 Å². The van der Waals surface area contributed by atoms with Crippen molar-refractivity contribution < 1.29 is 9.53 Å². The summed E-state index contributed by atoms with van der Waals surface area (Å²) in [4.78, 5) is 17.1. The monoisotopic (exact) mass is 332 g/mol. The molecule has 1 aliphatic rings. The van der Waals surface area contributed by atoms with Gasteiger partial charge in [-0.05, 0) is 35.7 Å². The Hall–Kier alpha value is -2.88. The lowest BCUT2D eigenvalue weighted by Crippen LogP contribution is -2.37. The zero-order valence-electron chi connectivity index (χ0n) is 14.0. The third kappa shape index (κ3) is 3.48. The summed E-state index contributed by atoms with van der Waals surface area (Å²) >= 11 is 0. The second kappa shape index (κ2) is 6.93. The van der Waals surface area contributed by atoms with Crippen LogP contribution in [0.2, 0.25) is 0 Å². The second-order valence-electron chi connectivity index (χ2n) is 6.40. The molecule has 4 nitrogen and oxygen atoms in total. The summed E-state index contributed by atoms with van der Waals surface area (Å²) in [6.07, 6.45) is 4.78. The van der Waals surface area contributed by atoms with Gasteiger partial charge in [-0.3, -0.25) is 9.78 Å². The summed E-state index contributed by atoms with van der Waals surface area (Å²) in [5, 5.41) is 2.34. The van der Waals surface area contributed by atoms with Crippen molar-refractivity contribution in [3.05, 3.63) is 60.8 Å². The van der Waals surface area contributed by atoms with Crippen molar-refractivity contribution in [1.82, 2.24) is 9.88 Å². The van der Waals surface area contributed by atoms with Gasteiger partial charge in [-0.1, -0.05) is 24.3 Å². The van der Waals surface area contributed by atoms with E-state index < -0.39 is 0 Å². The molecule has 2 heterocycles. The minimum atomic E-state index is 0.181. The van der Waals surface area contributed by atoms with Gasteiger partial charge in [0.15, 0.2) is 0 Å². The fourth-order valence-electron chi connectivity index (χ4n) is 3.24. The number of hydrogen-bond donors (Lipinski definition) is 0. The maximum absolute atomic E-state index is 10.8. The summed E-state index contributed by atoms with van der Waals surface area (Å²) in [5.41, 5.74) is 2.04. The van der Waals surface area contributed by atoms with Crippen molar-refractivity contribution in [3.63, 3.8) is 0 Å². The lowest BCUT2D eigenvalue weighted by atomic mass is 10.1. The van der Waals surface area contributed by atoms with E-state index in [9.17, 15) is 4.79 Å². The SMILES string of the molecule is O=CN1CCC(Oc2ccc(-c3cc4ccccc4cn3)cc2)CC1. The van der Waals surface area contributed by atoms with Crippen molar-refractivity contribution in [2.45, 2.75) is 18.9 Å². The van der Waals surface area contributed by atoms with E-state index in [1.54, 1.807) is 4.90 Å². The molecule has 4 heteroatoms. The molecule has 0 N–H and O–H groups in total. The normalized spacial score (nSPS) is 15.3. The average Bonchev–Trinajstić information content (AvgIpc) is 2.69. The molecule has 0 atom stereocenters. The number of pyridine rings is 1.